The van der Waals surface area contributed by atoms with Crippen LogP contribution in [0.4, 0.5) is 0 Å². The fourth-order valence-electron chi connectivity index (χ4n) is 1.68. The van der Waals surface area contributed by atoms with Gasteiger partial charge in [-0.2, -0.15) is 0 Å². The zero-order chi connectivity index (χ0) is 14.0. The second-order valence-electron chi connectivity index (χ2n) is 5.64. The van der Waals surface area contributed by atoms with Gasteiger partial charge in [0, 0.05) is 14.7 Å². The number of hydrogen-bond acceptors (Lipinski definition) is 3. The van der Waals surface area contributed by atoms with E-state index in [9.17, 15) is 0 Å². The molecular formula is C12H17ClIN3OSi. The molecule has 2 rings (SSSR count). The summed E-state index contributed by atoms with van der Waals surface area (Å²) in [6.45, 7) is 8.32. The zero-order valence-corrected chi connectivity index (χ0v) is 15.2. The maximum atomic E-state index is 6.14. The smallest absolute Gasteiger partial charge is 0.156 e. The minimum absolute atomic E-state index is 0.474. The molecule has 0 atom stereocenters. The molecule has 7 heteroatoms. The van der Waals surface area contributed by atoms with Crippen LogP contribution in [-0.2, 0) is 11.5 Å². The van der Waals surface area contributed by atoms with Crippen LogP contribution in [-0.4, -0.2) is 29.2 Å². The summed E-state index contributed by atoms with van der Waals surface area (Å²) in [5.41, 5.74) is 1.71. The van der Waals surface area contributed by atoms with Crippen LogP contribution in [0.3, 0.4) is 0 Å². The van der Waals surface area contributed by atoms with Crippen molar-refractivity contribution in [3.8, 4) is 0 Å². The summed E-state index contributed by atoms with van der Waals surface area (Å²) in [5.74, 6) is 0. The first-order valence-electron chi connectivity index (χ1n) is 6.11. The van der Waals surface area contributed by atoms with E-state index in [1.54, 1.807) is 0 Å². The summed E-state index contributed by atoms with van der Waals surface area (Å²) in [4.78, 5) is 8.25. The highest BCUT2D eigenvalue weighted by Gasteiger charge is 2.14. The van der Waals surface area contributed by atoms with E-state index in [4.69, 9.17) is 16.3 Å². The SMILES string of the molecule is C[Si](C)(C)CCOCn1c(I)cc2ncnc(Cl)c21. The molecule has 0 aliphatic heterocycles. The summed E-state index contributed by atoms with van der Waals surface area (Å²) in [5, 5.41) is 0.474. The molecule has 0 amide bonds. The normalized spacial score (nSPS) is 12.3. The van der Waals surface area contributed by atoms with Gasteiger partial charge in [-0.15, -0.1) is 0 Å². The monoisotopic (exact) mass is 409 g/mol. The second kappa shape index (κ2) is 6.07. The van der Waals surface area contributed by atoms with E-state index < -0.39 is 8.07 Å². The first-order chi connectivity index (χ1) is 8.88. The Kier molecular flexibility index (Phi) is 4.86. The molecule has 2 heterocycles. The van der Waals surface area contributed by atoms with Crippen molar-refractivity contribution in [2.45, 2.75) is 32.4 Å². The summed E-state index contributed by atoms with van der Waals surface area (Å²) < 4.78 is 8.85. The Morgan fingerprint density at radius 1 is 1.37 bits per heavy atom. The van der Waals surface area contributed by atoms with Gasteiger partial charge in [0.25, 0.3) is 0 Å². The fraction of sp³-hybridized carbons (Fsp3) is 0.500. The number of rotatable bonds is 5. The third-order valence-electron chi connectivity index (χ3n) is 2.81. The van der Waals surface area contributed by atoms with Crippen molar-refractivity contribution in [3.63, 3.8) is 0 Å². The minimum atomic E-state index is -1.04. The van der Waals surface area contributed by atoms with E-state index in [-0.39, 0.29) is 0 Å². The van der Waals surface area contributed by atoms with Gasteiger partial charge >= 0.3 is 0 Å². The van der Waals surface area contributed by atoms with Gasteiger partial charge in [0.1, 0.15) is 18.6 Å². The molecule has 2 aromatic rings. The highest BCUT2D eigenvalue weighted by atomic mass is 127. The molecule has 2 aromatic heterocycles. The lowest BCUT2D eigenvalue weighted by Gasteiger charge is -2.16. The Morgan fingerprint density at radius 3 is 2.79 bits per heavy atom. The van der Waals surface area contributed by atoms with Gasteiger partial charge in [-0.05, 0) is 34.7 Å². The van der Waals surface area contributed by atoms with Crippen LogP contribution in [0.25, 0.3) is 11.0 Å². The molecule has 0 saturated heterocycles. The molecule has 0 saturated carbocycles. The van der Waals surface area contributed by atoms with Gasteiger partial charge < -0.3 is 9.30 Å². The Balaban J connectivity index is 2.10. The van der Waals surface area contributed by atoms with Gasteiger partial charge in [-0.25, -0.2) is 9.97 Å². The summed E-state index contributed by atoms with van der Waals surface area (Å²) in [6, 6.07) is 3.15. The third-order valence-corrected chi connectivity index (χ3v) is 5.68. The van der Waals surface area contributed by atoms with Crippen LogP contribution < -0.4 is 0 Å². The van der Waals surface area contributed by atoms with Crippen LogP contribution in [0.2, 0.25) is 30.8 Å². The molecule has 0 bridgehead atoms. The topological polar surface area (TPSA) is 39.9 Å². The molecule has 0 aliphatic rings. The van der Waals surface area contributed by atoms with E-state index in [0.717, 1.165) is 27.4 Å². The summed E-state index contributed by atoms with van der Waals surface area (Å²) in [6.07, 6.45) is 1.48. The molecule has 104 valence electrons. The van der Waals surface area contributed by atoms with Crippen molar-refractivity contribution in [3.05, 3.63) is 21.2 Å². The van der Waals surface area contributed by atoms with Gasteiger partial charge in [0.15, 0.2) is 5.15 Å². The standard InChI is InChI=1S/C12H17ClIN3OSi/c1-19(2,3)5-4-18-8-17-10(14)6-9-11(17)12(13)16-7-15-9/h6-7H,4-5,8H2,1-3H3. The van der Waals surface area contributed by atoms with Crippen molar-refractivity contribution in [2.24, 2.45) is 0 Å². The lowest BCUT2D eigenvalue weighted by molar-refractivity contribution is 0.0887. The van der Waals surface area contributed by atoms with Crippen molar-refractivity contribution in [1.82, 2.24) is 14.5 Å². The molecule has 0 aromatic carbocycles. The Bertz CT molecular complexity index is 582. The van der Waals surface area contributed by atoms with E-state index in [1.165, 1.54) is 6.33 Å². The number of nitrogens with zero attached hydrogens (tertiary/aromatic N) is 3. The average molecular weight is 410 g/mol. The van der Waals surface area contributed by atoms with E-state index in [2.05, 4.69) is 52.2 Å². The maximum absolute atomic E-state index is 6.14. The molecule has 4 nitrogen and oxygen atoms in total. The van der Waals surface area contributed by atoms with Crippen molar-refractivity contribution >= 4 is 53.3 Å². The quantitative estimate of drug-likeness (QED) is 0.324. The van der Waals surface area contributed by atoms with Crippen LogP contribution in [0.5, 0.6) is 0 Å². The number of ether oxygens (including phenoxy) is 1. The number of halogens is 2. The van der Waals surface area contributed by atoms with Crippen molar-refractivity contribution in [2.75, 3.05) is 6.61 Å². The van der Waals surface area contributed by atoms with Crippen molar-refractivity contribution in [1.29, 1.82) is 0 Å². The van der Waals surface area contributed by atoms with E-state index in [1.807, 2.05) is 10.6 Å². The molecular weight excluding hydrogens is 393 g/mol. The third kappa shape index (κ3) is 3.90. The number of aromatic nitrogens is 3. The molecule has 0 spiro atoms. The van der Waals surface area contributed by atoms with Gasteiger partial charge in [0.05, 0.1) is 9.22 Å². The lowest BCUT2D eigenvalue weighted by atomic mass is 10.5. The molecule has 0 aliphatic carbocycles. The van der Waals surface area contributed by atoms with Gasteiger partial charge in [-0.3, -0.25) is 0 Å². The van der Waals surface area contributed by atoms with Crippen LogP contribution >= 0.6 is 34.2 Å². The molecule has 19 heavy (non-hydrogen) atoms. The highest BCUT2D eigenvalue weighted by Crippen LogP contribution is 2.24. The number of fused-ring (bicyclic) bond motifs is 1. The summed E-state index contributed by atoms with van der Waals surface area (Å²) >= 11 is 8.40. The molecule has 0 N–H and O–H groups in total. The van der Waals surface area contributed by atoms with Gasteiger partial charge in [-0.1, -0.05) is 31.2 Å². The fourth-order valence-corrected chi connectivity index (χ4v) is 3.36. The first kappa shape index (κ1) is 15.2. The van der Waals surface area contributed by atoms with Crippen LogP contribution in [0.1, 0.15) is 0 Å². The predicted octanol–water partition coefficient (Wildman–Crippen LogP) is 4.00. The van der Waals surface area contributed by atoms with Crippen molar-refractivity contribution < 1.29 is 4.74 Å². The predicted molar refractivity (Wildman–Crippen MR) is 89.4 cm³/mol. The zero-order valence-electron chi connectivity index (χ0n) is 11.3. The van der Waals surface area contributed by atoms with E-state index in [0.29, 0.717) is 11.9 Å². The molecule has 0 unspecified atom stereocenters. The molecule has 0 fully saturated rings. The van der Waals surface area contributed by atoms with Crippen LogP contribution in [0.15, 0.2) is 12.4 Å². The lowest BCUT2D eigenvalue weighted by Crippen LogP contribution is -2.22. The first-order valence-corrected chi connectivity index (χ1v) is 11.3. The maximum Gasteiger partial charge on any atom is 0.156 e. The Labute approximate surface area is 132 Å². The van der Waals surface area contributed by atoms with Crippen LogP contribution in [0, 0.1) is 3.70 Å². The van der Waals surface area contributed by atoms with E-state index >= 15 is 0 Å². The molecule has 0 radical (unpaired) electrons. The average Bonchev–Trinajstić information content (AvgIpc) is 2.61. The Morgan fingerprint density at radius 2 is 2.11 bits per heavy atom. The highest BCUT2D eigenvalue weighted by molar-refractivity contribution is 14.1. The van der Waals surface area contributed by atoms with Gasteiger partial charge in [0.2, 0.25) is 0 Å². The minimum Gasteiger partial charge on any atom is -0.361 e. The second-order valence-corrected chi connectivity index (χ2v) is 12.7. The Hall–Kier alpha value is -0.183. The summed E-state index contributed by atoms with van der Waals surface area (Å²) in [7, 11) is -1.04. The number of hydrogen-bond donors (Lipinski definition) is 0. The largest absolute Gasteiger partial charge is 0.361 e.